The van der Waals surface area contributed by atoms with Crippen LogP contribution in [0.3, 0.4) is 0 Å². The number of rotatable bonds is 6. The summed E-state index contributed by atoms with van der Waals surface area (Å²) in [6.07, 6.45) is 2.22. The monoisotopic (exact) mass is 384 g/mol. The van der Waals surface area contributed by atoms with E-state index in [0.29, 0.717) is 31.5 Å². The lowest BCUT2D eigenvalue weighted by Crippen LogP contribution is -2.47. The lowest BCUT2D eigenvalue weighted by atomic mass is 10.0. The molecule has 5 nitrogen and oxygen atoms in total. The molecule has 0 atom stereocenters. The van der Waals surface area contributed by atoms with Crippen LogP contribution in [0.2, 0.25) is 0 Å². The third kappa shape index (κ3) is 5.09. The SMILES string of the molecule is CCc1ccccc1OCC(=O)NC1CCN(C(=O)c2ccc(F)cc2)CC1. The molecule has 0 bridgehead atoms. The molecule has 1 saturated heterocycles. The van der Waals surface area contributed by atoms with Gasteiger partial charge in [-0.05, 0) is 55.2 Å². The molecule has 1 heterocycles. The van der Waals surface area contributed by atoms with Crippen LogP contribution < -0.4 is 10.1 Å². The van der Waals surface area contributed by atoms with Gasteiger partial charge in [0, 0.05) is 24.7 Å². The molecule has 1 N–H and O–H groups in total. The highest BCUT2D eigenvalue weighted by Crippen LogP contribution is 2.18. The zero-order valence-electron chi connectivity index (χ0n) is 16.0. The summed E-state index contributed by atoms with van der Waals surface area (Å²) < 4.78 is 18.7. The van der Waals surface area contributed by atoms with E-state index in [1.54, 1.807) is 4.90 Å². The zero-order valence-corrected chi connectivity index (χ0v) is 16.0. The smallest absolute Gasteiger partial charge is 0.258 e. The van der Waals surface area contributed by atoms with Crippen molar-refractivity contribution in [3.63, 3.8) is 0 Å². The summed E-state index contributed by atoms with van der Waals surface area (Å²) >= 11 is 0. The number of hydrogen-bond donors (Lipinski definition) is 1. The first kappa shape index (κ1) is 19.9. The van der Waals surface area contributed by atoms with Gasteiger partial charge in [0.05, 0.1) is 0 Å². The molecular weight excluding hydrogens is 359 g/mol. The van der Waals surface area contributed by atoms with Crippen molar-refractivity contribution in [2.75, 3.05) is 19.7 Å². The number of piperidine rings is 1. The number of para-hydroxylation sites is 1. The summed E-state index contributed by atoms with van der Waals surface area (Å²) in [5.74, 6) is 0.111. The maximum atomic E-state index is 13.0. The van der Waals surface area contributed by atoms with Gasteiger partial charge in [-0.3, -0.25) is 9.59 Å². The van der Waals surface area contributed by atoms with E-state index in [4.69, 9.17) is 4.74 Å². The van der Waals surface area contributed by atoms with Crippen molar-refractivity contribution in [3.8, 4) is 5.75 Å². The predicted octanol–water partition coefficient (Wildman–Crippen LogP) is 3.19. The maximum absolute atomic E-state index is 13.0. The Morgan fingerprint density at radius 1 is 1.11 bits per heavy atom. The quantitative estimate of drug-likeness (QED) is 0.832. The van der Waals surface area contributed by atoms with Crippen LogP contribution in [0, 0.1) is 5.82 Å². The molecule has 1 fully saturated rings. The second kappa shape index (κ2) is 9.35. The van der Waals surface area contributed by atoms with Gasteiger partial charge in [-0.15, -0.1) is 0 Å². The van der Waals surface area contributed by atoms with Crippen LogP contribution in [-0.2, 0) is 11.2 Å². The molecule has 3 rings (SSSR count). The number of ether oxygens (including phenoxy) is 1. The Morgan fingerprint density at radius 2 is 1.79 bits per heavy atom. The minimum absolute atomic E-state index is 0.0221. The molecule has 0 unspecified atom stereocenters. The number of hydrogen-bond acceptors (Lipinski definition) is 3. The Balaban J connectivity index is 1.44. The second-order valence-corrected chi connectivity index (χ2v) is 6.89. The number of carbonyl (C=O) groups excluding carboxylic acids is 2. The van der Waals surface area contributed by atoms with Gasteiger partial charge in [-0.25, -0.2) is 4.39 Å². The fraction of sp³-hybridized carbons (Fsp3) is 0.364. The molecule has 2 aromatic rings. The van der Waals surface area contributed by atoms with Gasteiger partial charge in [0.2, 0.25) is 0 Å². The van der Waals surface area contributed by atoms with Crippen molar-refractivity contribution >= 4 is 11.8 Å². The normalized spacial score (nSPS) is 14.6. The van der Waals surface area contributed by atoms with Gasteiger partial charge >= 0.3 is 0 Å². The van der Waals surface area contributed by atoms with Crippen LogP contribution in [0.15, 0.2) is 48.5 Å². The van der Waals surface area contributed by atoms with E-state index < -0.39 is 0 Å². The number of carbonyl (C=O) groups is 2. The lowest BCUT2D eigenvalue weighted by Gasteiger charge is -2.32. The van der Waals surface area contributed by atoms with E-state index in [9.17, 15) is 14.0 Å². The fourth-order valence-electron chi connectivity index (χ4n) is 3.35. The van der Waals surface area contributed by atoms with E-state index in [2.05, 4.69) is 5.32 Å². The lowest BCUT2D eigenvalue weighted by molar-refractivity contribution is -0.124. The second-order valence-electron chi connectivity index (χ2n) is 6.89. The Morgan fingerprint density at radius 3 is 2.46 bits per heavy atom. The van der Waals surface area contributed by atoms with Crippen LogP contribution in [-0.4, -0.2) is 42.5 Å². The van der Waals surface area contributed by atoms with Crippen LogP contribution in [0.25, 0.3) is 0 Å². The van der Waals surface area contributed by atoms with Gasteiger partial charge in [0.15, 0.2) is 6.61 Å². The van der Waals surface area contributed by atoms with Crippen molar-refractivity contribution in [1.29, 1.82) is 0 Å². The number of nitrogens with one attached hydrogen (secondary N) is 1. The summed E-state index contributed by atoms with van der Waals surface area (Å²) in [7, 11) is 0. The average molecular weight is 384 g/mol. The van der Waals surface area contributed by atoms with Crippen LogP contribution >= 0.6 is 0 Å². The highest BCUT2D eigenvalue weighted by Gasteiger charge is 2.24. The zero-order chi connectivity index (χ0) is 19.9. The van der Waals surface area contributed by atoms with Gasteiger partial charge in [-0.1, -0.05) is 25.1 Å². The van der Waals surface area contributed by atoms with Crippen LogP contribution in [0.4, 0.5) is 4.39 Å². The molecular formula is C22H25FN2O3. The third-order valence-electron chi connectivity index (χ3n) is 4.95. The van der Waals surface area contributed by atoms with Gasteiger partial charge in [-0.2, -0.15) is 0 Å². The van der Waals surface area contributed by atoms with E-state index in [1.165, 1.54) is 24.3 Å². The first-order valence-electron chi connectivity index (χ1n) is 9.61. The molecule has 0 aromatic heterocycles. The standard InChI is InChI=1S/C22H25FN2O3/c1-2-16-5-3-4-6-20(16)28-15-21(26)24-19-11-13-25(14-12-19)22(27)17-7-9-18(23)10-8-17/h3-10,19H,2,11-15H2,1H3,(H,24,26). The molecule has 0 saturated carbocycles. The fourth-order valence-corrected chi connectivity index (χ4v) is 3.35. The first-order valence-corrected chi connectivity index (χ1v) is 9.61. The minimum Gasteiger partial charge on any atom is -0.483 e. The molecule has 2 amide bonds. The third-order valence-corrected chi connectivity index (χ3v) is 4.95. The average Bonchev–Trinajstić information content (AvgIpc) is 2.73. The molecule has 6 heteroatoms. The first-order chi connectivity index (χ1) is 13.6. The maximum Gasteiger partial charge on any atom is 0.258 e. The highest BCUT2D eigenvalue weighted by molar-refractivity contribution is 5.94. The molecule has 1 aliphatic heterocycles. The number of nitrogens with zero attached hydrogens (tertiary/aromatic N) is 1. The Hall–Kier alpha value is -2.89. The highest BCUT2D eigenvalue weighted by atomic mass is 19.1. The Kier molecular flexibility index (Phi) is 6.63. The summed E-state index contributed by atoms with van der Waals surface area (Å²) in [6.45, 7) is 3.14. The van der Waals surface area contributed by atoms with Gasteiger partial charge in [0.1, 0.15) is 11.6 Å². The summed E-state index contributed by atoms with van der Waals surface area (Å²) in [4.78, 5) is 26.4. The van der Waals surface area contributed by atoms with E-state index in [-0.39, 0.29) is 30.3 Å². The summed E-state index contributed by atoms with van der Waals surface area (Å²) in [5, 5.41) is 2.98. The predicted molar refractivity (Wildman–Crippen MR) is 105 cm³/mol. The molecule has 0 aliphatic carbocycles. The van der Waals surface area contributed by atoms with Gasteiger partial charge in [0.25, 0.3) is 11.8 Å². The summed E-state index contributed by atoms with van der Waals surface area (Å²) in [6, 6.07) is 13.3. The summed E-state index contributed by atoms with van der Waals surface area (Å²) in [5.41, 5.74) is 1.55. The number of halogens is 1. The number of likely N-dealkylation sites (tertiary alicyclic amines) is 1. The van der Waals surface area contributed by atoms with Crippen molar-refractivity contribution in [2.24, 2.45) is 0 Å². The molecule has 1 aliphatic rings. The molecule has 0 spiro atoms. The van der Waals surface area contributed by atoms with Crippen molar-refractivity contribution < 1.29 is 18.7 Å². The Bertz CT molecular complexity index is 815. The number of aryl methyl sites for hydroxylation is 1. The molecule has 148 valence electrons. The number of amides is 2. The van der Waals surface area contributed by atoms with Crippen molar-refractivity contribution in [3.05, 3.63) is 65.5 Å². The molecule has 2 aromatic carbocycles. The topological polar surface area (TPSA) is 58.6 Å². The van der Waals surface area contributed by atoms with E-state index in [0.717, 1.165) is 17.7 Å². The Labute approximate surface area is 164 Å². The largest absolute Gasteiger partial charge is 0.483 e. The van der Waals surface area contributed by atoms with Gasteiger partial charge < -0.3 is 15.0 Å². The van der Waals surface area contributed by atoms with E-state index >= 15 is 0 Å². The van der Waals surface area contributed by atoms with E-state index in [1.807, 2.05) is 31.2 Å². The molecule has 28 heavy (non-hydrogen) atoms. The van der Waals surface area contributed by atoms with Crippen molar-refractivity contribution in [1.82, 2.24) is 10.2 Å². The van der Waals surface area contributed by atoms with Crippen LogP contribution in [0.1, 0.15) is 35.7 Å². The van der Waals surface area contributed by atoms with Crippen LogP contribution in [0.5, 0.6) is 5.75 Å². The van der Waals surface area contributed by atoms with Crippen molar-refractivity contribution in [2.45, 2.75) is 32.2 Å². The minimum atomic E-state index is -0.359. The number of benzene rings is 2. The molecule has 0 radical (unpaired) electrons.